The third-order valence-electron chi connectivity index (χ3n) is 6.69. The minimum atomic E-state index is -1.66. The van der Waals surface area contributed by atoms with Gasteiger partial charge in [0.05, 0.1) is 25.9 Å². The van der Waals surface area contributed by atoms with E-state index in [4.69, 9.17) is 22.6 Å². The fourth-order valence-corrected chi connectivity index (χ4v) is 5.48. The summed E-state index contributed by atoms with van der Waals surface area (Å²) >= 11 is -1.66. The molecule has 1 aromatic carbocycles. The monoisotopic (exact) mass is 549 g/mol. The van der Waals surface area contributed by atoms with Crippen molar-refractivity contribution in [1.82, 2.24) is 14.9 Å². The quantitative estimate of drug-likeness (QED) is 0.483. The lowest BCUT2D eigenvalue weighted by molar-refractivity contribution is 0.0450. The minimum absolute atomic E-state index is 0.0930. The second-order valence-corrected chi connectivity index (χ2v) is 10.9. The predicted octanol–water partition coefficient (Wildman–Crippen LogP) is 4.31. The first-order valence-corrected chi connectivity index (χ1v) is 13.7. The molecule has 2 aromatic rings. The van der Waals surface area contributed by atoms with Crippen LogP contribution in [0.4, 0.5) is 4.79 Å². The maximum Gasteiger partial charge on any atom is 0.407 e. The Morgan fingerprint density at radius 3 is 2.63 bits per heavy atom. The summed E-state index contributed by atoms with van der Waals surface area (Å²) < 4.78 is 39.3. The Labute approximate surface area is 225 Å². The van der Waals surface area contributed by atoms with Crippen LogP contribution in [0.15, 0.2) is 24.5 Å². The van der Waals surface area contributed by atoms with Gasteiger partial charge in [-0.3, -0.25) is 8.37 Å². The van der Waals surface area contributed by atoms with Gasteiger partial charge in [-0.2, -0.15) is 4.21 Å². The Morgan fingerprint density at radius 2 is 1.95 bits per heavy atom. The van der Waals surface area contributed by atoms with Crippen molar-refractivity contribution in [2.45, 2.75) is 58.6 Å². The normalized spacial score (nSPS) is 23.8. The first-order valence-electron chi connectivity index (χ1n) is 12.7. The van der Waals surface area contributed by atoms with Crippen molar-refractivity contribution in [1.29, 1.82) is 0 Å². The predicted molar refractivity (Wildman–Crippen MR) is 139 cm³/mol. The van der Waals surface area contributed by atoms with Gasteiger partial charge >= 0.3 is 17.5 Å². The van der Waals surface area contributed by atoms with Gasteiger partial charge in [0.15, 0.2) is 11.5 Å². The van der Waals surface area contributed by atoms with E-state index >= 15 is 0 Å². The average molecular weight is 550 g/mol. The highest BCUT2D eigenvalue weighted by Gasteiger charge is 2.33. The van der Waals surface area contributed by atoms with E-state index in [2.05, 4.69) is 23.8 Å². The number of benzene rings is 1. The van der Waals surface area contributed by atoms with Crippen LogP contribution in [-0.4, -0.2) is 69.3 Å². The van der Waals surface area contributed by atoms with E-state index in [0.717, 1.165) is 12.0 Å². The molecule has 2 saturated heterocycles. The standard InChI is InChI=1S/C26H35N3O8S/c1-16(2)9-20-12-21(7-8-29(20)26(30)31)36-24-17(3)25(28-15-27-24)37-22-6-5-18(11-23(22)33-4)10-19-13-34-38(32)35-14-19/h5-6,11,15-16,19-21H,7-10,12-14H2,1-4H3,(H,30,31)/t19?,20-,21+,38?/m0/s1. The van der Waals surface area contributed by atoms with Gasteiger partial charge in [-0.05, 0) is 43.4 Å². The van der Waals surface area contributed by atoms with Crippen LogP contribution < -0.4 is 14.2 Å². The minimum Gasteiger partial charge on any atom is -0.493 e. The van der Waals surface area contributed by atoms with Crippen molar-refractivity contribution < 1.29 is 36.7 Å². The topological polar surface area (TPSA) is 130 Å². The van der Waals surface area contributed by atoms with Crippen molar-refractivity contribution in [3.8, 4) is 23.3 Å². The molecular weight excluding hydrogens is 514 g/mol. The molecule has 208 valence electrons. The van der Waals surface area contributed by atoms with Crippen molar-refractivity contribution >= 4 is 17.5 Å². The number of hydrogen-bond donors (Lipinski definition) is 1. The Hall–Kier alpha value is -2.96. The highest BCUT2D eigenvalue weighted by Crippen LogP contribution is 2.36. The Morgan fingerprint density at radius 1 is 1.21 bits per heavy atom. The molecule has 12 heteroatoms. The molecule has 0 bridgehead atoms. The Bertz CT molecular complexity index is 1140. The van der Waals surface area contributed by atoms with Crippen molar-refractivity contribution in [3.05, 3.63) is 35.7 Å². The number of nitrogens with zero attached hydrogens (tertiary/aromatic N) is 3. The van der Waals surface area contributed by atoms with Crippen LogP contribution in [0, 0.1) is 18.8 Å². The summed E-state index contributed by atoms with van der Waals surface area (Å²) in [5.41, 5.74) is 1.65. The van der Waals surface area contributed by atoms with Gasteiger partial charge in [-0.1, -0.05) is 19.9 Å². The third-order valence-corrected chi connectivity index (χ3v) is 7.34. The largest absolute Gasteiger partial charge is 0.493 e. The highest BCUT2D eigenvalue weighted by molar-refractivity contribution is 7.75. The smallest absolute Gasteiger partial charge is 0.407 e. The van der Waals surface area contributed by atoms with Crippen LogP contribution in [-0.2, 0) is 26.1 Å². The van der Waals surface area contributed by atoms with Crippen molar-refractivity contribution in [3.63, 3.8) is 0 Å². The van der Waals surface area contributed by atoms with E-state index < -0.39 is 17.5 Å². The van der Waals surface area contributed by atoms with Gasteiger partial charge in [0.2, 0.25) is 11.8 Å². The molecule has 2 atom stereocenters. The molecule has 1 N–H and O–H groups in total. The van der Waals surface area contributed by atoms with Gasteiger partial charge in [0.1, 0.15) is 12.4 Å². The molecule has 2 aliphatic heterocycles. The van der Waals surface area contributed by atoms with E-state index in [1.807, 2.05) is 25.1 Å². The number of likely N-dealkylation sites (tertiary alicyclic amines) is 1. The number of hydrogen-bond acceptors (Lipinski definition) is 9. The molecule has 1 aromatic heterocycles. The second-order valence-electron chi connectivity index (χ2n) is 10.1. The molecule has 3 heterocycles. The lowest BCUT2D eigenvalue weighted by atomic mass is 9.92. The summed E-state index contributed by atoms with van der Waals surface area (Å²) in [5, 5.41) is 9.59. The van der Waals surface area contributed by atoms with Gasteiger partial charge in [-0.25, -0.2) is 14.8 Å². The van der Waals surface area contributed by atoms with E-state index in [-0.39, 0.29) is 18.1 Å². The Balaban J connectivity index is 1.44. The molecule has 2 fully saturated rings. The average Bonchev–Trinajstić information content (AvgIpc) is 2.88. The molecular formula is C26H35N3O8S. The molecule has 38 heavy (non-hydrogen) atoms. The molecule has 1 amide bonds. The molecule has 0 radical (unpaired) electrons. The Kier molecular flexibility index (Phi) is 9.40. The number of ether oxygens (including phenoxy) is 3. The zero-order valence-electron chi connectivity index (χ0n) is 22.1. The van der Waals surface area contributed by atoms with Crippen LogP contribution in [0.2, 0.25) is 0 Å². The summed E-state index contributed by atoms with van der Waals surface area (Å²) in [4.78, 5) is 21.8. The zero-order valence-corrected chi connectivity index (χ0v) is 22.9. The first kappa shape index (κ1) is 28.1. The lowest BCUT2D eigenvalue weighted by Gasteiger charge is -2.38. The zero-order chi connectivity index (χ0) is 27.2. The fraction of sp³-hybridized carbons (Fsp3) is 0.577. The molecule has 11 nitrogen and oxygen atoms in total. The second kappa shape index (κ2) is 12.7. The SMILES string of the molecule is COc1cc(CC2COS(=O)OC2)ccc1Oc1ncnc(O[C@@H]2CCN(C(=O)O)[C@@H](CC(C)C)C2)c1C. The van der Waals surface area contributed by atoms with Gasteiger partial charge in [-0.15, -0.1) is 0 Å². The summed E-state index contributed by atoms with van der Waals surface area (Å²) in [5.74, 6) is 2.26. The van der Waals surface area contributed by atoms with E-state index in [1.54, 1.807) is 7.11 Å². The number of rotatable bonds is 9. The van der Waals surface area contributed by atoms with Crippen LogP contribution in [0.3, 0.4) is 0 Å². The number of methoxy groups -OCH3 is 1. The van der Waals surface area contributed by atoms with E-state index in [9.17, 15) is 14.1 Å². The fourth-order valence-electron chi connectivity index (χ4n) is 4.80. The number of piperidine rings is 1. The molecule has 0 unspecified atom stereocenters. The molecule has 2 aliphatic rings. The van der Waals surface area contributed by atoms with Crippen LogP contribution in [0.25, 0.3) is 0 Å². The molecule has 4 rings (SSSR count). The summed E-state index contributed by atoms with van der Waals surface area (Å²) in [6.07, 6.45) is 2.99. The number of carbonyl (C=O) groups is 1. The molecule has 0 spiro atoms. The number of amides is 1. The third kappa shape index (κ3) is 7.12. The lowest BCUT2D eigenvalue weighted by Crippen LogP contribution is -2.48. The van der Waals surface area contributed by atoms with Crippen molar-refractivity contribution in [2.75, 3.05) is 26.9 Å². The van der Waals surface area contributed by atoms with Crippen LogP contribution in [0.1, 0.15) is 44.2 Å². The maximum atomic E-state index is 11.7. The molecule has 0 saturated carbocycles. The van der Waals surface area contributed by atoms with Crippen LogP contribution in [0.5, 0.6) is 23.3 Å². The van der Waals surface area contributed by atoms with E-state index in [0.29, 0.717) is 73.8 Å². The first-order chi connectivity index (χ1) is 18.2. The van der Waals surface area contributed by atoms with Crippen LogP contribution >= 0.6 is 0 Å². The van der Waals surface area contributed by atoms with Gasteiger partial charge in [0.25, 0.3) is 0 Å². The molecule has 0 aliphatic carbocycles. The maximum absolute atomic E-state index is 11.7. The summed E-state index contributed by atoms with van der Waals surface area (Å²) in [6, 6.07) is 5.54. The van der Waals surface area contributed by atoms with Gasteiger partial charge < -0.3 is 24.2 Å². The van der Waals surface area contributed by atoms with Gasteiger partial charge in [0, 0.05) is 31.3 Å². The highest BCUT2D eigenvalue weighted by atomic mass is 32.2. The van der Waals surface area contributed by atoms with Crippen molar-refractivity contribution in [2.24, 2.45) is 11.8 Å². The summed E-state index contributed by atoms with van der Waals surface area (Å²) in [7, 11) is 1.57. The van der Waals surface area contributed by atoms with E-state index in [1.165, 1.54) is 11.2 Å². The number of aromatic nitrogens is 2. The number of carboxylic acid groups (broad SMARTS) is 1. The summed E-state index contributed by atoms with van der Waals surface area (Å²) in [6.45, 7) is 7.16.